The Kier molecular flexibility index (Phi) is 3.25. The number of para-hydroxylation sites is 2. The van der Waals surface area contributed by atoms with E-state index in [0.29, 0.717) is 12.1 Å². The third-order valence-corrected chi connectivity index (χ3v) is 3.18. The Labute approximate surface area is 117 Å². The predicted octanol–water partition coefficient (Wildman–Crippen LogP) is 3.36. The van der Waals surface area contributed by atoms with E-state index in [-0.39, 0.29) is 5.78 Å². The molecule has 0 aliphatic heterocycles. The zero-order valence-corrected chi connectivity index (χ0v) is 11.2. The number of hydrogen-bond acceptors (Lipinski definition) is 3. The van der Waals surface area contributed by atoms with Crippen LogP contribution in [0.5, 0.6) is 0 Å². The second-order valence-corrected chi connectivity index (χ2v) is 4.83. The lowest BCUT2D eigenvalue weighted by Gasteiger charge is -2.03. The number of fused-ring (bicyclic) bond motifs is 1. The van der Waals surface area contributed by atoms with Crippen LogP contribution in [-0.4, -0.2) is 15.8 Å². The molecule has 0 bridgehead atoms. The molecule has 0 aliphatic carbocycles. The summed E-state index contributed by atoms with van der Waals surface area (Å²) in [5.74, 6) is -0.00569. The highest BCUT2D eigenvalue weighted by Gasteiger charge is 2.10. The Morgan fingerprint density at radius 1 is 1.05 bits per heavy atom. The fraction of sp³-hybridized carbons (Fsp3) is 0.118. The molecular weight excluding hydrogens is 248 g/mol. The molecule has 3 rings (SSSR count). The fourth-order valence-corrected chi connectivity index (χ4v) is 2.19. The van der Waals surface area contributed by atoms with Gasteiger partial charge in [0, 0.05) is 6.42 Å². The molecule has 0 unspecified atom stereocenters. The van der Waals surface area contributed by atoms with E-state index in [2.05, 4.69) is 9.97 Å². The van der Waals surface area contributed by atoms with Gasteiger partial charge in [-0.15, -0.1) is 0 Å². The lowest BCUT2D eigenvalue weighted by Crippen LogP contribution is -2.07. The summed E-state index contributed by atoms with van der Waals surface area (Å²) in [6.45, 7) is 2.02. The number of rotatable bonds is 3. The monoisotopic (exact) mass is 262 g/mol. The van der Waals surface area contributed by atoms with Gasteiger partial charge in [0.2, 0.25) is 0 Å². The lowest BCUT2D eigenvalue weighted by atomic mass is 10.1. The fourth-order valence-electron chi connectivity index (χ4n) is 2.19. The van der Waals surface area contributed by atoms with Crippen LogP contribution in [0.2, 0.25) is 0 Å². The van der Waals surface area contributed by atoms with Crippen LogP contribution in [0.25, 0.3) is 11.0 Å². The van der Waals surface area contributed by atoms with Crippen LogP contribution in [0, 0.1) is 6.92 Å². The number of ketones is 1. The van der Waals surface area contributed by atoms with Crippen LogP contribution >= 0.6 is 0 Å². The molecule has 20 heavy (non-hydrogen) atoms. The predicted molar refractivity (Wildman–Crippen MR) is 78.8 cm³/mol. The molecule has 0 aliphatic rings. The van der Waals surface area contributed by atoms with E-state index < -0.39 is 0 Å². The van der Waals surface area contributed by atoms with Gasteiger partial charge in [0.05, 0.1) is 17.2 Å². The summed E-state index contributed by atoms with van der Waals surface area (Å²) in [6, 6.07) is 15.5. The molecule has 3 heteroatoms. The van der Waals surface area contributed by atoms with Crippen LogP contribution in [0.4, 0.5) is 0 Å². The number of hydrogen-bond donors (Lipinski definition) is 0. The van der Waals surface area contributed by atoms with Crippen LogP contribution in [0.1, 0.15) is 21.6 Å². The molecule has 0 atom stereocenters. The SMILES string of the molecule is Cc1cccc(CC(=O)c2cnc3ccccc3n2)c1. The van der Waals surface area contributed by atoms with Gasteiger partial charge in [-0.3, -0.25) is 9.78 Å². The Balaban J connectivity index is 1.88. The average Bonchev–Trinajstić information content (AvgIpc) is 2.47. The minimum absolute atomic E-state index is 0.00569. The topological polar surface area (TPSA) is 42.9 Å². The molecule has 0 saturated heterocycles. The first kappa shape index (κ1) is 12.5. The van der Waals surface area contributed by atoms with E-state index in [1.807, 2.05) is 55.5 Å². The highest BCUT2D eigenvalue weighted by atomic mass is 16.1. The molecule has 3 aromatic rings. The van der Waals surface area contributed by atoms with E-state index in [9.17, 15) is 4.79 Å². The average molecular weight is 262 g/mol. The van der Waals surface area contributed by atoms with Crippen molar-refractivity contribution in [3.05, 3.63) is 71.5 Å². The maximum atomic E-state index is 12.3. The van der Waals surface area contributed by atoms with Gasteiger partial charge in [-0.1, -0.05) is 42.0 Å². The van der Waals surface area contributed by atoms with Crippen molar-refractivity contribution < 1.29 is 4.79 Å². The zero-order valence-electron chi connectivity index (χ0n) is 11.2. The first-order chi connectivity index (χ1) is 9.72. The van der Waals surface area contributed by atoms with Gasteiger partial charge in [-0.2, -0.15) is 0 Å². The Morgan fingerprint density at radius 2 is 1.85 bits per heavy atom. The van der Waals surface area contributed by atoms with Crippen molar-refractivity contribution in [3.8, 4) is 0 Å². The molecule has 3 nitrogen and oxygen atoms in total. The standard InChI is InChI=1S/C17H14N2O/c1-12-5-4-6-13(9-12)10-17(20)16-11-18-14-7-2-3-8-15(14)19-16/h2-9,11H,10H2,1H3. The van der Waals surface area contributed by atoms with E-state index in [4.69, 9.17) is 0 Å². The van der Waals surface area contributed by atoms with Crippen LogP contribution in [0.15, 0.2) is 54.7 Å². The molecule has 0 fully saturated rings. The van der Waals surface area contributed by atoms with Gasteiger partial charge in [0.25, 0.3) is 0 Å². The van der Waals surface area contributed by atoms with Crippen molar-refractivity contribution in [2.24, 2.45) is 0 Å². The highest BCUT2D eigenvalue weighted by molar-refractivity contribution is 5.96. The number of aryl methyl sites for hydroxylation is 1. The first-order valence-corrected chi connectivity index (χ1v) is 6.53. The van der Waals surface area contributed by atoms with Gasteiger partial charge >= 0.3 is 0 Å². The summed E-state index contributed by atoms with van der Waals surface area (Å²) < 4.78 is 0. The maximum absolute atomic E-state index is 12.3. The van der Waals surface area contributed by atoms with Gasteiger partial charge in [0.1, 0.15) is 5.69 Å². The van der Waals surface area contributed by atoms with E-state index in [1.54, 1.807) is 6.20 Å². The lowest BCUT2D eigenvalue weighted by molar-refractivity contribution is 0.0988. The van der Waals surface area contributed by atoms with Crippen LogP contribution in [-0.2, 0) is 6.42 Å². The molecule has 98 valence electrons. The summed E-state index contributed by atoms with van der Waals surface area (Å²) in [4.78, 5) is 20.9. The zero-order chi connectivity index (χ0) is 13.9. The quantitative estimate of drug-likeness (QED) is 0.680. The molecular formula is C17H14N2O. The number of benzene rings is 2. The van der Waals surface area contributed by atoms with Crippen molar-refractivity contribution in [3.63, 3.8) is 0 Å². The van der Waals surface area contributed by atoms with Gasteiger partial charge in [-0.05, 0) is 24.6 Å². The van der Waals surface area contributed by atoms with E-state index >= 15 is 0 Å². The molecule has 2 aromatic carbocycles. The Bertz CT molecular complexity index is 781. The maximum Gasteiger partial charge on any atom is 0.187 e. The third-order valence-electron chi connectivity index (χ3n) is 3.18. The van der Waals surface area contributed by atoms with Crippen molar-refractivity contribution in [1.82, 2.24) is 9.97 Å². The molecule has 0 spiro atoms. The number of nitrogens with zero attached hydrogens (tertiary/aromatic N) is 2. The van der Waals surface area contributed by atoms with Crippen LogP contribution < -0.4 is 0 Å². The highest BCUT2D eigenvalue weighted by Crippen LogP contribution is 2.11. The largest absolute Gasteiger partial charge is 0.292 e. The summed E-state index contributed by atoms with van der Waals surface area (Å²) in [6.07, 6.45) is 1.91. The van der Waals surface area contributed by atoms with Crippen molar-refractivity contribution >= 4 is 16.8 Å². The number of carbonyl (C=O) groups is 1. The minimum atomic E-state index is -0.00569. The van der Waals surface area contributed by atoms with Crippen molar-refractivity contribution in [2.45, 2.75) is 13.3 Å². The summed E-state index contributed by atoms with van der Waals surface area (Å²) in [7, 11) is 0. The minimum Gasteiger partial charge on any atom is -0.292 e. The van der Waals surface area contributed by atoms with E-state index in [1.165, 1.54) is 0 Å². The first-order valence-electron chi connectivity index (χ1n) is 6.53. The second-order valence-electron chi connectivity index (χ2n) is 4.83. The smallest absolute Gasteiger partial charge is 0.187 e. The van der Waals surface area contributed by atoms with Gasteiger partial charge in [-0.25, -0.2) is 4.98 Å². The summed E-state index contributed by atoms with van der Waals surface area (Å²) in [5, 5.41) is 0. The number of Topliss-reactive ketones (excluding diaryl/α,β-unsaturated/α-hetero) is 1. The Hall–Kier alpha value is -2.55. The summed E-state index contributed by atoms with van der Waals surface area (Å²) in [5.41, 5.74) is 4.14. The normalized spacial score (nSPS) is 10.7. The molecule has 1 aromatic heterocycles. The van der Waals surface area contributed by atoms with Crippen molar-refractivity contribution in [1.29, 1.82) is 0 Å². The molecule has 0 saturated carbocycles. The Morgan fingerprint density at radius 3 is 2.65 bits per heavy atom. The molecule has 0 N–H and O–H groups in total. The molecule has 0 radical (unpaired) electrons. The molecule has 0 amide bonds. The number of aromatic nitrogens is 2. The van der Waals surface area contributed by atoms with E-state index in [0.717, 1.165) is 22.2 Å². The molecule has 1 heterocycles. The summed E-state index contributed by atoms with van der Waals surface area (Å²) >= 11 is 0. The number of carbonyl (C=O) groups excluding carboxylic acids is 1. The van der Waals surface area contributed by atoms with Crippen molar-refractivity contribution in [2.75, 3.05) is 0 Å². The third kappa shape index (κ3) is 2.57. The van der Waals surface area contributed by atoms with Gasteiger partial charge < -0.3 is 0 Å². The van der Waals surface area contributed by atoms with Crippen LogP contribution in [0.3, 0.4) is 0 Å². The second kappa shape index (κ2) is 5.21. The van der Waals surface area contributed by atoms with Gasteiger partial charge in [0.15, 0.2) is 5.78 Å².